The van der Waals surface area contributed by atoms with Crippen molar-refractivity contribution in [3.8, 4) is 11.6 Å². The highest BCUT2D eigenvalue weighted by Crippen LogP contribution is 2.26. The van der Waals surface area contributed by atoms with Gasteiger partial charge in [0.1, 0.15) is 11.6 Å². The van der Waals surface area contributed by atoms with Gasteiger partial charge in [-0.1, -0.05) is 12.1 Å². The number of hydrogen-bond donors (Lipinski definition) is 3. The Kier molecular flexibility index (Phi) is 5.24. The Labute approximate surface area is 183 Å². The average molecular weight is 431 g/mol. The fraction of sp³-hybridized carbons (Fsp3) is 0.217. The molecule has 5 rings (SSSR count). The van der Waals surface area contributed by atoms with Gasteiger partial charge >= 0.3 is 0 Å². The van der Waals surface area contributed by atoms with Crippen molar-refractivity contribution in [2.24, 2.45) is 5.73 Å². The largest absolute Gasteiger partial charge is 0.366 e. The molecule has 0 unspecified atom stereocenters. The molecule has 9 heteroatoms. The van der Waals surface area contributed by atoms with E-state index in [1.807, 2.05) is 6.07 Å². The third-order valence-corrected chi connectivity index (χ3v) is 5.55. The number of pyridine rings is 1. The number of anilines is 1. The van der Waals surface area contributed by atoms with Crippen LogP contribution in [0, 0.1) is 5.82 Å². The Morgan fingerprint density at radius 1 is 1.25 bits per heavy atom. The van der Waals surface area contributed by atoms with Crippen LogP contribution in [0.1, 0.15) is 33.6 Å². The summed E-state index contributed by atoms with van der Waals surface area (Å²) in [5.41, 5.74) is 9.26. The molecule has 0 spiro atoms. The predicted molar refractivity (Wildman–Crippen MR) is 118 cm³/mol. The SMILES string of the molecule is NC(=O)c1cccn2c(-c3nc4c(c(NCc5cccc(F)c5)n3)CNCCC4)ncc12. The maximum absolute atomic E-state index is 13.6. The molecule has 3 aromatic heterocycles. The fourth-order valence-electron chi connectivity index (χ4n) is 3.99. The maximum Gasteiger partial charge on any atom is 0.250 e. The van der Waals surface area contributed by atoms with E-state index in [-0.39, 0.29) is 5.82 Å². The van der Waals surface area contributed by atoms with E-state index in [9.17, 15) is 9.18 Å². The third kappa shape index (κ3) is 3.78. The summed E-state index contributed by atoms with van der Waals surface area (Å²) in [4.78, 5) is 25.9. The van der Waals surface area contributed by atoms with Crippen LogP contribution in [0.2, 0.25) is 0 Å². The Morgan fingerprint density at radius 2 is 2.16 bits per heavy atom. The van der Waals surface area contributed by atoms with Gasteiger partial charge in [-0.15, -0.1) is 0 Å². The number of fused-ring (bicyclic) bond motifs is 2. The number of benzene rings is 1. The number of imidazole rings is 1. The minimum atomic E-state index is -0.520. The molecule has 0 atom stereocenters. The lowest BCUT2D eigenvalue weighted by Gasteiger charge is -2.15. The van der Waals surface area contributed by atoms with Crippen LogP contribution >= 0.6 is 0 Å². The zero-order valence-electron chi connectivity index (χ0n) is 17.3. The number of nitrogens with one attached hydrogen (secondary N) is 2. The number of amides is 1. The van der Waals surface area contributed by atoms with E-state index < -0.39 is 5.91 Å². The molecule has 1 aliphatic rings. The number of nitrogens with two attached hydrogens (primary N) is 1. The molecule has 0 saturated carbocycles. The Balaban J connectivity index is 1.58. The van der Waals surface area contributed by atoms with Gasteiger partial charge in [0.25, 0.3) is 5.91 Å². The molecular weight excluding hydrogens is 409 g/mol. The molecule has 32 heavy (non-hydrogen) atoms. The zero-order chi connectivity index (χ0) is 22.1. The van der Waals surface area contributed by atoms with Gasteiger partial charge in [-0.3, -0.25) is 9.20 Å². The van der Waals surface area contributed by atoms with Crippen molar-refractivity contribution in [1.82, 2.24) is 24.7 Å². The molecule has 0 radical (unpaired) electrons. The lowest BCUT2D eigenvalue weighted by molar-refractivity contribution is 0.100. The number of halogens is 1. The molecule has 1 aliphatic heterocycles. The fourth-order valence-corrected chi connectivity index (χ4v) is 3.99. The number of aromatic nitrogens is 4. The Bertz CT molecular complexity index is 1320. The van der Waals surface area contributed by atoms with Crippen molar-refractivity contribution < 1.29 is 9.18 Å². The molecule has 162 valence electrons. The third-order valence-electron chi connectivity index (χ3n) is 5.55. The number of rotatable bonds is 5. The summed E-state index contributed by atoms with van der Waals surface area (Å²) >= 11 is 0. The minimum Gasteiger partial charge on any atom is -0.366 e. The van der Waals surface area contributed by atoms with Crippen LogP contribution in [0.4, 0.5) is 10.2 Å². The van der Waals surface area contributed by atoms with E-state index in [0.717, 1.165) is 36.2 Å². The molecule has 8 nitrogen and oxygen atoms in total. The number of aryl methyl sites for hydroxylation is 1. The lowest BCUT2D eigenvalue weighted by atomic mass is 10.1. The predicted octanol–water partition coefficient (Wildman–Crippen LogP) is 2.68. The molecule has 4 aromatic rings. The van der Waals surface area contributed by atoms with Crippen LogP contribution < -0.4 is 16.4 Å². The minimum absolute atomic E-state index is 0.276. The standard InChI is InChI=1S/C23H22FN7O/c24-15-5-1-4-14(10-15)11-27-21-17-12-26-8-2-7-18(17)29-22(30-21)23-28-13-19-16(20(25)32)6-3-9-31(19)23/h1,3-6,9-10,13,26H,2,7-8,11-12H2,(H2,25,32)(H,27,29,30). The van der Waals surface area contributed by atoms with Crippen LogP contribution in [0.25, 0.3) is 17.2 Å². The molecule has 4 N–H and O–H groups in total. The monoisotopic (exact) mass is 431 g/mol. The molecule has 1 amide bonds. The van der Waals surface area contributed by atoms with Gasteiger partial charge in [0.05, 0.1) is 23.0 Å². The lowest BCUT2D eigenvalue weighted by Crippen LogP contribution is -2.16. The summed E-state index contributed by atoms with van der Waals surface area (Å²) in [5, 5.41) is 6.76. The van der Waals surface area contributed by atoms with Crippen LogP contribution in [0.15, 0.2) is 48.8 Å². The zero-order valence-corrected chi connectivity index (χ0v) is 17.3. The summed E-state index contributed by atoms with van der Waals surface area (Å²) < 4.78 is 15.4. The van der Waals surface area contributed by atoms with Gasteiger partial charge in [-0.2, -0.15) is 0 Å². The topological polar surface area (TPSA) is 110 Å². The van der Waals surface area contributed by atoms with Gasteiger partial charge in [-0.25, -0.2) is 19.3 Å². The number of primary amides is 1. The molecule has 4 heterocycles. The van der Waals surface area contributed by atoms with E-state index in [2.05, 4.69) is 15.6 Å². The molecule has 0 fully saturated rings. The molecule has 0 saturated heterocycles. The van der Waals surface area contributed by atoms with Crippen molar-refractivity contribution in [3.05, 3.63) is 77.0 Å². The van der Waals surface area contributed by atoms with E-state index in [0.29, 0.717) is 41.6 Å². The number of carbonyl (C=O) groups is 1. The quantitative estimate of drug-likeness (QED) is 0.448. The van der Waals surface area contributed by atoms with Gasteiger partial charge in [0.2, 0.25) is 0 Å². The average Bonchev–Trinajstić information content (AvgIpc) is 3.08. The summed E-state index contributed by atoms with van der Waals surface area (Å²) in [6.07, 6.45) is 5.18. The summed E-state index contributed by atoms with van der Waals surface area (Å²) in [7, 11) is 0. The van der Waals surface area contributed by atoms with Crippen LogP contribution in [0.3, 0.4) is 0 Å². The first-order valence-corrected chi connectivity index (χ1v) is 10.5. The van der Waals surface area contributed by atoms with Crippen LogP contribution in [-0.4, -0.2) is 31.8 Å². The van der Waals surface area contributed by atoms with Crippen molar-refractivity contribution >= 4 is 17.2 Å². The van der Waals surface area contributed by atoms with Crippen LogP contribution in [-0.2, 0) is 19.5 Å². The van der Waals surface area contributed by atoms with Gasteiger partial charge < -0.3 is 16.4 Å². The first kappa shape index (κ1) is 20.1. The van der Waals surface area contributed by atoms with Crippen LogP contribution in [0.5, 0.6) is 0 Å². The molecule has 0 bridgehead atoms. The van der Waals surface area contributed by atoms with E-state index >= 15 is 0 Å². The Morgan fingerprint density at radius 3 is 3.00 bits per heavy atom. The molecule has 1 aromatic carbocycles. The maximum atomic E-state index is 13.6. The number of hydrogen-bond acceptors (Lipinski definition) is 6. The highest BCUT2D eigenvalue weighted by molar-refractivity contribution is 5.99. The normalized spacial score (nSPS) is 13.5. The Hall–Kier alpha value is -3.85. The van der Waals surface area contributed by atoms with E-state index in [1.54, 1.807) is 35.0 Å². The second-order valence-corrected chi connectivity index (χ2v) is 7.71. The van der Waals surface area contributed by atoms with E-state index in [1.165, 1.54) is 12.1 Å². The van der Waals surface area contributed by atoms with E-state index in [4.69, 9.17) is 15.7 Å². The van der Waals surface area contributed by atoms with Gasteiger partial charge in [0.15, 0.2) is 11.6 Å². The smallest absolute Gasteiger partial charge is 0.250 e. The summed E-state index contributed by atoms with van der Waals surface area (Å²) in [6.45, 7) is 1.97. The highest BCUT2D eigenvalue weighted by Gasteiger charge is 2.20. The van der Waals surface area contributed by atoms with Crippen molar-refractivity contribution in [2.75, 3.05) is 11.9 Å². The number of nitrogens with zero attached hydrogens (tertiary/aromatic N) is 4. The molecular formula is C23H22FN7O. The first-order valence-electron chi connectivity index (χ1n) is 10.5. The first-order chi connectivity index (χ1) is 15.6. The second kappa shape index (κ2) is 8.35. The highest BCUT2D eigenvalue weighted by atomic mass is 19.1. The van der Waals surface area contributed by atoms with Gasteiger partial charge in [-0.05, 0) is 49.2 Å². The molecule has 0 aliphatic carbocycles. The van der Waals surface area contributed by atoms with Crippen molar-refractivity contribution in [1.29, 1.82) is 0 Å². The van der Waals surface area contributed by atoms with Crippen molar-refractivity contribution in [2.45, 2.75) is 25.9 Å². The van der Waals surface area contributed by atoms with Crippen molar-refractivity contribution in [3.63, 3.8) is 0 Å². The van der Waals surface area contributed by atoms with Gasteiger partial charge in [0, 0.05) is 24.8 Å². The number of carbonyl (C=O) groups excluding carboxylic acids is 1. The summed E-state index contributed by atoms with van der Waals surface area (Å²) in [6, 6.07) is 9.88. The summed E-state index contributed by atoms with van der Waals surface area (Å²) in [5.74, 6) is 0.869. The second-order valence-electron chi connectivity index (χ2n) is 7.71.